The lowest BCUT2D eigenvalue weighted by atomic mass is 10.1. The highest BCUT2D eigenvalue weighted by molar-refractivity contribution is 5.96. The van der Waals surface area contributed by atoms with Gasteiger partial charge in [-0.3, -0.25) is 9.59 Å². The molecule has 0 radical (unpaired) electrons. The Hall–Kier alpha value is -3.41. The third-order valence-electron chi connectivity index (χ3n) is 3.46. The highest BCUT2D eigenvalue weighted by Crippen LogP contribution is 2.18. The van der Waals surface area contributed by atoms with E-state index in [0.717, 1.165) is 5.56 Å². The first-order valence-electron chi connectivity index (χ1n) is 7.88. The average molecular weight is 353 g/mol. The number of carbonyl (C=O) groups excluding carboxylic acids is 3. The Morgan fingerprint density at radius 1 is 1.04 bits per heavy atom. The summed E-state index contributed by atoms with van der Waals surface area (Å²) in [5.41, 5.74) is 1.79. The Bertz CT molecular complexity index is 824. The number of ether oxygens (including phenoxy) is 2. The number of ketones is 1. The third-order valence-corrected chi connectivity index (χ3v) is 3.46. The fraction of sp³-hybridized carbons (Fsp3) is 0.150. The number of rotatable bonds is 7. The van der Waals surface area contributed by atoms with Gasteiger partial charge in [0.2, 0.25) is 0 Å². The molecule has 0 heterocycles. The number of nitrogens with one attached hydrogen (secondary N) is 1. The summed E-state index contributed by atoms with van der Waals surface area (Å²) in [5.74, 6) is -0.542. The molecule has 0 aromatic heterocycles. The molecule has 0 atom stereocenters. The maximum Gasteiger partial charge on any atom is 0.331 e. The second kappa shape index (κ2) is 9.17. The zero-order chi connectivity index (χ0) is 18.9. The summed E-state index contributed by atoms with van der Waals surface area (Å²) in [6, 6.07) is 13.6. The minimum absolute atomic E-state index is 0.0568. The number of hydrogen-bond donors (Lipinski definition) is 1. The van der Waals surface area contributed by atoms with Gasteiger partial charge in [-0.15, -0.1) is 0 Å². The van der Waals surface area contributed by atoms with Crippen molar-refractivity contribution < 1.29 is 23.9 Å². The predicted octanol–water partition coefficient (Wildman–Crippen LogP) is 3.09. The maximum absolute atomic E-state index is 11.8. The number of hydrogen-bond acceptors (Lipinski definition) is 5. The molecule has 134 valence electrons. The van der Waals surface area contributed by atoms with Crippen molar-refractivity contribution in [1.82, 2.24) is 0 Å². The second-order valence-electron chi connectivity index (χ2n) is 5.36. The van der Waals surface area contributed by atoms with E-state index in [2.05, 4.69) is 5.32 Å². The Morgan fingerprint density at radius 3 is 2.38 bits per heavy atom. The van der Waals surface area contributed by atoms with Crippen molar-refractivity contribution in [3.8, 4) is 5.75 Å². The van der Waals surface area contributed by atoms with Crippen LogP contribution in [0.1, 0.15) is 22.8 Å². The van der Waals surface area contributed by atoms with Crippen molar-refractivity contribution in [1.29, 1.82) is 0 Å². The van der Waals surface area contributed by atoms with E-state index < -0.39 is 18.5 Å². The van der Waals surface area contributed by atoms with Gasteiger partial charge in [0.25, 0.3) is 5.91 Å². The monoisotopic (exact) mass is 353 g/mol. The van der Waals surface area contributed by atoms with Gasteiger partial charge in [-0.05, 0) is 43.3 Å². The molecule has 0 saturated carbocycles. The average Bonchev–Trinajstić information content (AvgIpc) is 2.65. The van der Waals surface area contributed by atoms with E-state index in [1.54, 1.807) is 42.5 Å². The first kappa shape index (κ1) is 18.9. The largest absolute Gasteiger partial charge is 0.496 e. The highest BCUT2D eigenvalue weighted by Gasteiger charge is 2.07. The normalized spacial score (nSPS) is 10.4. The molecule has 0 aliphatic rings. The molecule has 2 rings (SSSR count). The van der Waals surface area contributed by atoms with E-state index in [-0.39, 0.29) is 5.78 Å². The van der Waals surface area contributed by atoms with Crippen LogP contribution in [0.4, 0.5) is 5.69 Å². The maximum atomic E-state index is 11.8. The summed E-state index contributed by atoms with van der Waals surface area (Å²) >= 11 is 0. The summed E-state index contributed by atoms with van der Waals surface area (Å²) in [6.45, 7) is 1.05. The van der Waals surface area contributed by atoms with Gasteiger partial charge in [-0.2, -0.15) is 0 Å². The van der Waals surface area contributed by atoms with E-state index in [1.807, 2.05) is 12.1 Å². The van der Waals surface area contributed by atoms with Crippen LogP contribution in [0.15, 0.2) is 54.6 Å². The Morgan fingerprint density at radius 2 is 1.73 bits per heavy atom. The van der Waals surface area contributed by atoms with Gasteiger partial charge in [0.05, 0.1) is 7.11 Å². The van der Waals surface area contributed by atoms with Crippen molar-refractivity contribution in [2.45, 2.75) is 6.92 Å². The first-order valence-corrected chi connectivity index (χ1v) is 7.88. The van der Waals surface area contributed by atoms with Crippen LogP contribution in [0.5, 0.6) is 5.75 Å². The number of benzene rings is 2. The smallest absolute Gasteiger partial charge is 0.331 e. The van der Waals surface area contributed by atoms with Crippen LogP contribution < -0.4 is 10.1 Å². The van der Waals surface area contributed by atoms with Crippen molar-refractivity contribution in [2.75, 3.05) is 19.0 Å². The van der Waals surface area contributed by atoms with Gasteiger partial charge in [0.1, 0.15) is 5.75 Å². The van der Waals surface area contributed by atoms with Gasteiger partial charge in [-0.1, -0.05) is 18.2 Å². The molecule has 0 fully saturated rings. The lowest BCUT2D eigenvalue weighted by Crippen LogP contribution is -2.20. The lowest BCUT2D eigenvalue weighted by Gasteiger charge is -2.06. The first-order chi connectivity index (χ1) is 12.5. The molecule has 2 aromatic rings. The molecule has 1 N–H and O–H groups in total. The van der Waals surface area contributed by atoms with Crippen LogP contribution >= 0.6 is 0 Å². The summed E-state index contributed by atoms with van der Waals surface area (Å²) in [7, 11) is 1.54. The van der Waals surface area contributed by atoms with Gasteiger partial charge >= 0.3 is 5.97 Å². The van der Waals surface area contributed by atoms with E-state index in [1.165, 1.54) is 20.1 Å². The molecule has 1 amide bonds. The summed E-state index contributed by atoms with van der Waals surface area (Å²) in [4.78, 5) is 34.7. The fourth-order valence-electron chi connectivity index (χ4n) is 2.13. The van der Waals surface area contributed by atoms with Gasteiger partial charge < -0.3 is 14.8 Å². The molecule has 0 unspecified atom stereocenters. The molecular formula is C20H19NO5. The quantitative estimate of drug-likeness (QED) is 0.470. The molecule has 26 heavy (non-hydrogen) atoms. The summed E-state index contributed by atoms with van der Waals surface area (Å²) in [6.07, 6.45) is 2.78. The van der Waals surface area contributed by atoms with Crippen LogP contribution in [0.2, 0.25) is 0 Å². The molecular weight excluding hydrogens is 334 g/mol. The minimum Gasteiger partial charge on any atom is -0.496 e. The van der Waals surface area contributed by atoms with Crippen molar-refractivity contribution in [2.24, 2.45) is 0 Å². The van der Waals surface area contributed by atoms with E-state index >= 15 is 0 Å². The van der Waals surface area contributed by atoms with E-state index in [4.69, 9.17) is 9.47 Å². The highest BCUT2D eigenvalue weighted by atomic mass is 16.5. The Balaban J connectivity index is 1.83. The lowest BCUT2D eigenvalue weighted by molar-refractivity contribution is -0.142. The van der Waals surface area contributed by atoms with Crippen molar-refractivity contribution >= 4 is 29.4 Å². The molecule has 2 aromatic carbocycles. The van der Waals surface area contributed by atoms with Gasteiger partial charge in [0, 0.05) is 22.9 Å². The van der Waals surface area contributed by atoms with Crippen LogP contribution in [0, 0.1) is 0 Å². The number of para-hydroxylation sites is 1. The summed E-state index contributed by atoms with van der Waals surface area (Å²) in [5, 5.41) is 2.58. The van der Waals surface area contributed by atoms with Gasteiger partial charge in [-0.25, -0.2) is 4.79 Å². The molecule has 6 nitrogen and oxygen atoms in total. The standard InChI is InChI=1S/C20H19NO5/c1-14(22)15-7-10-17(11-8-15)21-19(23)13-26-20(24)12-9-16-5-3-4-6-18(16)25-2/h3-12H,13H2,1-2H3,(H,21,23)/b12-9+. The molecule has 0 aliphatic carbocycles. The van der Waals surface area contributed by atoms with Gasteiger partial charge in [0.15, 0.2) is 12.4 Å². The molecule has 0 bridgehead atoms. The molecule has 0 saturated heterocycles. The van der Waals surface area contributed by atoms with Crippen LogP contribution in [0.3, 0.4) is 0 Å². The predicted molar refractivity (Wildman–Crippen MR) is 98.1 cm³/mol. The topological polar surface area (TPSA) is 81.7 Å². The van der Waals surface area contributed by atoms with E-state index in [0.29, 0.717) is 17.0 Å². The number of methoxy groups -OCH3 is 1. The fourth-order valence-corrected chi connectivity index (χ4v) is 2.13. The molecule has 6 heteroatoms. The third kappa shape index (κ3) is 5.59. The molecule has 0 spiro atoms. The number of carbonyl (C=O) groups is 3. The second-order valence-corrected chi connectivity index (χ2v) is 5.36. The number of esters is 1. The van der Waals surface area contributed by atoms with Crippen molar-refractivity contribution in [3.05, 3.63) is 65.7 Å². The SMILES string of the molecule is COc1ccccc1/C=C/C(=O)OCC(=O)Nc1ccc(C(C)=O)cc1. The number of Topliss-reactive ketones (excluding diaryl/α,β-unsaturated/α-hetero) is 1. The zero-order valence-corrected chi connectivity index (χ0v) is 14.5. The Labute approximate surface area is 151 Å². The van der Waals surface area contributed by atoms with Crippen LogP contribution in [-0.4, -0.2) is 31.4 Å². The van der Waals surface area contributed by atoms with Crippen molar-refractivity contribution in [3.63, 3.8) is 0 Å². The van der Waals surface area contributed by atoms with Crippen LogP contribution in [0.25, 0.3) is 6.08 Å². The number of anilines is 1. The molecule has 0 aliphatic heterocycles. The summed E-state index contributed by atoms with van der Waals surface area (Å²) < 4.78 is 10.1. The van der Waals surface area contributed by atoms with E-state index in [9.17, 15) is 14.4 Å². The zero-order valence-electron chi connectivity index (χ0n) is 14.5. The van der Waals surface area contributed by atoms with Crippen LogP contribution in [-0.2, 0) is 14.3 Å². The Kier molecular flexibility index (Phi) is 6.68. The number of amides is 1. The minimum atomic E-state index is -0.641.